The minimum atomic E-state index is -0.419. The molecule has 1 amide bonds. The average molecular weight is 448 g/mol. The van der Waals surface area contributed by atoms with E-state index >= 15 is 0 Å². The lowest BCUT2D eigenvalue weighted by molar-refractivity contribution is -0.123. The SMILES string of the molecule is C/C(=N\NC(=O)COc1c(Cl)cc(Cl)cc1Cl)c1ccc2c3c(cccc13)CC2. The zero-order valence-electron chi connectivity index (χ0n) is 15.6. The summed E-state index contributed by atoms with van der Waals surface area (Å²) in [5.41, 5.74) is 6.96. The van der Waals surface area contributed by atoms with Crippen molar-refractivity contribution in [2.24, 2.45) is 5.10 Å². The number of hydrazone groups is 1. The molecule has 3 aromatic carbocycles. The predicted molar refractivity (Wildman–Crippen MR) is 119 cm³/mol. The summed E-state index contributed by atoms with van der Waals surface area (Å²) in [6, 6.07) is 13.5. The summed E-state index contributed by atoms with van der Waals surface area (Å²) in [4.78, 5) is 12.2. The second kappa shape index (κ2) is 8.23. The van der Waals surface area contributed by atoms with E-state index in [0.717, 1.165) is 29.5 Å². The zero-order valence-corrected chi connectivity index (χ0v) is 17.8. The number of nitrogens with one attached hydrogen (secondary N) is 1. The van der Waals surface area contributed by atoms with Gasteiger partial charge in [0.25, 0.3) is 5.91 Å². The highest BCUT2D eigenvalue weighted by Crippen LogP contribution is 2.36. The molecule has 29 heavy (non-hydrogen) atoms. The lowest BCUT2D eigenvalue weighted by Crippen LogP contribution is -2.25. The van der Waals surface area contributed by atoms with Gasteiger partial charge in [-0.1, -0.05) is 65.1 Å². The average Bonchev–Trinajstić information content (AvgIpc) is 3.10. The Morgan fingerprint density at radius 3 is 2.48 bits per heavy atom. The van der Waals surface area contributed by atoms with Crippen LogP contribution in [0.1, 0.15) is 23.6 Å². The van der Waals surface area contributed by atoms with Crippen molar-refractivity contribution in [2.45, 2.75) is 19.8 Å². The van der Waals surface area contributed by atoms with E-state index in [-0.39, 0.29) is 22.4 Å². The van der Waals surface area contributed by atoms with Crippen LogP contribution in [-0.2, 0) is 17.6 Å². The molecule has 0 aliphatic heterocycles. The summed E-state index contributed by atoms with van der Waals surface area (Å²) in [6.45, 7) is 1.59. The Morgan fingerprint density at radius 2 is 1.76 bits per heavy atom. The molecule has 3 aromatic rings. The molecule has 4 nitrogen and oxygen atoms in total. The lowest BCUT2D eigenvalue weighted by Gasteiger charge is -2.11. The van der Waals surface area contributed by atoms with Crippen molar-refractivity contribution in [1.29, 1.82) is 0 Å². The van der Waals surface area contributed by atoms with Gasteiger partial charge in [-0.2, -0.15) is 5.10 Å². The summed E-state index contributed by atoms with van der Waals surface area (Å²) in [7, 11) is 0. The Kier molecular flexibility index (Phi) is 5.68. The second-order valence-electron chi connectivity index (χ2n) is 6.83. The number of amides is 1. The van der Waals surface area contributed by atoms with E-state index in [9.17, 15) is 4.79 Å². The number of nitrogens with zero attached hydrogens (tertiary/aromatic N) is 1. The van der Waals surface area contributed by atoms with Crippen molar-refractivity contribution in [3.63, 3.8) is 0 Å². The number of halogens is 3. The van der Waals surface area contributed by atoms with Gasteiger partial charge >= 0.3 is 0 Å². The van der Waals surface area contributed by atoms with Gasteiger partial charge in [0.05, 0.1) is 15.8 Å². The topological polar surface area (TPSA) is 50.7 Å². The van der Waals surface area contributed by atoms with Crippen molar-refractivity contribution in [3.8, 4) is 5.75 Å². The second-order valence-corrected chi connectivity index (χ2v) is 8.08. The quantitative estimate of drug-likeness (QED) is 0.396. The van der Waals surface area contributed by atoms with Gasteiger partial charge in [0.1, 0.15) is 0 Å². The summed E-state index contributed by atoms with van der Waals surface area (Å²) in [6.07, 6.45) is 2.13. The number of carbonyl (C=O) groups is 1. The molecule has 0 spiro atoms. The Morgan fingerprint density at radius 1 is 1.07 bits per heavy atom. The molecule has 0 saturated carbocycles. The molecule has 0 radical (unpaired) electrons. The molecule has 0 heterocycles. The molecule has 0 unspecified atom stereocenters. The summed E-state index contributed by atoms with van der Waals surface area (Å²) < 4.78 is 5.43. The van der Waals surface area contributed by atoms with Crippen LogP contribution in [0, 0.1) is 0 Å². The smallest absolute Gasteiger partial charge is 0.277 e. The van der Waals surface area contributed by atoms with E-state index in [4.69, 9.17) is 39.5 Å². The van der Waals surface area contributed by atoms with Crippen molar-refractivity contribution in [3.05, 3.63) is 74.2 Å². The number of hydrogen-bond donors (Lipinski definition) is 1. The maximum atomic E-state index is 12.2. The predicted octanol–water partition coefficient (Wildman–Crippen LogP) is 5.82. The van der Waals surface area contributed by atoms with E-state index in [1.54, 1.807) is 0 Å². The molecule has 0 atom stereocenters. The molecule has 0 fully saturated rings. The van der Waals surface area contributed by atoms with E-state index in [0.29, 0.717) is 5.02 Å². The van der Waals surface area contributed by atoms with Crippen LogP contribution in [0.25, 0.3) is 10.8 Å². The highest BCUT2D eigenvalue weighted by atomic mass is 35.5. The molecule has 0 saturated heterocycles. The Bertz CT molecular complexity index is 1120. The van der Waals surface area contributed by atoms with Crippen molar-refractivity contribution >= 4 is 57.2 Å². The highest BCUT2D eigenvalue weighted by Gasteiger charge is 2.17. The van der Waals surface area contributed by atoms with Crippen molar-refractivity contribution in [1.82, 2.24) is 5.43 Å². The van der Waals surface area contributed by atoms with Crippen LogP contribution in [0.3, 0.4) is 0 Å². The number of aryl methyl sites for hydroxylation is 2. The van der Waals surface area contributed by atoms with Crippen LogP contribution in [0.15, 0.2) is 47.6 Å². The highest BCUT2D eigenvalue weighted by molar-refractivity contribution is 6.40. The number of carbonyl (C=O) groups excluding carboxylic acids is 1. The number of benzene rings is 3. The Balaban J connectivity index is 1.47. The summed E-state index contributed by atoms with van der Waals surface area (Å²) in [5, 5.41) is 7.58. The molecule has 148 valence electrons. The molecule has 7 heteroatoms. The molecule has 1 N–H and O–H groups in total. The fourth-order valence-electron chi connectivity index (χ4n) is 3.61. The van der Waals surface area contributed by atoms with E-state index in [2.05, 4.69) is 40.9 Å². The van der Waals surface area contributed by atoms with Crippen molar-refractivity contribution < 1.29 is 9.53 Å². The van der Waals surface area contributed by atoms with E-state index in [1.807, 2.05) is 6.92 Å². The molecule has 1 aliphatic carbocycles. The van der Waals surface area contributed by atoms with Crippen LogP contribution < -0.4 is 10.2 Å². The standard InChI is InChI=1S/C22H17Cl3N2O2/c1-12(16-8-7-14-6-5-13-3-2-4-17(16)21(13)14)26-27-20(28)11-29-22-18(24)9-15(23)10-19(22)25/h2-4,7-10H,5-6,11H2,1H3,(H,27,28)/b26-12+. The van der Waals surface area contributed by atoms with Crippen molar-refractivity contribution in [2.75, 3.05) is 6.61 Å². The third-order valence-electron chi connectivity index (χ3n) is 4.93. The number of rotatable bonds is 5. The van der Waals surface area contributed by atoms with Gasteiger partial charge in [0.15, 0.2) is 12.4 Å². The monoisotopic (exact) mass is 446 g/mol. The van der Waals surface area contributed by atoms with Crippen LogP contribution in [-0.4, -0.2) is 18.2 Å². The Labute approximate surface area is 183 Å². The van der Waals surface area contributed by atoms with Crippen LogP contribution in [0.4, 0.5) is 0 Å². The first-order chi connectivity index (χ1) is 13.9. The van der Waals surface area contributed by atoms with Gasteiger partial charge < -0.3 is 4.74 Å². The van der Waals surface area contributed by atoms with Crippen LogP contribution >= 0.6 is 34.8 Å². The molecule has 1 aliphatic rings. The lowest BCUT2D eigenvalue weighted by atomic mass is 9.98. The Hall–Kier alpha value is -2.27. The van der Waals surface area contributed by atoms with Gasteiger partial charge in [-0.25, -0.2) is 5.43 Å². The maximum Gasteiger partial charge on any atom is 0.277 e. The number of hydrogen-bond acceptors (Lipinski definition) is 3. The summed E-state index contributed by atoms with van der Waals surface area (Å²) in [5.74, 6) is -0.210. The van der Waals surface area contributed by atoms with Crippen LogP contribution in [0.2, 0.25) is 15.1 Å². The minimum absolute atomic E-state index is 0.209. The first kappa shape index (κ1) is 20.0. The largest absolute Gasteiger partial charge is 0.481 e. The first-order valence-corrected chi connectivity index (χ1v) is 10.2. The molecular formula is C22H17Cl3N2O2. The molecule has 0 aromatic heterocycles. The summed E-state index contributed by atoms with van der Waals surface area (Å²) >= 11 is 18.0. The third kappa shape index (κ3) is 4.06. The van der Waals surface area contributed by atoms with E-state index < -0.39 is 5.91 Å². The zero-order chi connectivity index (χ0) is 20.5. The van der Waals surface area contributed by atoms with Gasteiger partial charge in [-0.15, -0.1) is 0 Å². The number of ether oxygens (including phenoxy) is 1. The minimum Gasteiger partial charge on any atom is -0.481 e. The van der Waals surface area contributed by atoms with E-state index in [1.165, 1.54) is 28.6 Å². The molecular weight excluding hydrogens is 431 g/mol. The van der Waals surface area contributed by atoms with Gasteiger partial charge in [-0.3, -0.25) is 4.79 Å². The van der Waals surface area contributed by atoms with Crippen LogP contribution in [0.5, 0.6) is 5.75 Å². The normalized spacial score (nSPS) is 13.0. The van der Waals surface area contributed by atoms with Gasteiger partial charge in [0, 0.05) is 10.6 Å². The van der Waals surface area contributed by atoms with Gasteiger partial charge in [0.2, 0.25) is 0 Å². The molecule has 0 bridgehead atoms. The molecule has 4 rings (SSSR count). The fraction of sp³-hybridized carbons (Fsp3) is 0.182. The van der Waals surface area contributed by atoms with Gasteiger partial charge in [-0.05, 0) is 53.8 Å². The maximum absolute atomic E-state index is 12.2. The first-order valence-electron chi connectivity index (χ1n) is 9.08. The third-order valence-corrected chi connectivity index (χ3v) is 5.71. The fourth-order valence-corrected chi connectivity index (χ4v) is 4.53.